The molecule has 0 radical (unpaired) electrons. The lowest BCUT2D eigenvalue weighted by Crippen LogP contribution is -2.53. The maximum Gasteiger partial charge on any atom is 0.269 e. The molecule has 1 spiro atoms. The molecule has 172 valence electrons. The van der Waals surface area contributed by atoms with Crippen molar-refractivity contribution >= 4 is 35.3 Å². The lowest BCUT2D eigenvalue weighted by molar-refractivity contribution is -0.384. The second-order valence-corrected chi connectivity index (χ2v) is 9.44. The second kappa shape index (κ2) is 9.66. The molecule has 2 aromatic carbocycles. The minimum Gasteiger partial charge on any atom is -0.497 e. The Kier molecular flexibility index (Phi) is 6.69. The maximum absolute atomic E-state index is 13.2. The standard InChI is InChI=1S/C24H25N3O5S/c1-32-21-9-5-19(6-10-21)23(29)26-16-17-33-24(26)12-14-25(15-13-24)22(28)11-4-18-2-7-20(8-3-18)27(30)31/h2-11H,12-17H2,1H3/b11-4+. The van der Waals surface area contributed by atoms with Crippen molar-refractivity contribution in [3.8, 4) is 5.75 Å². The van der Waals surface area contributed by atoms with Crippen LogP contribution in [0.25, 0.3) is 6.08 Å². The van der Waals surface area contributed by atoms with Crippen molar-refractivity contribution < 1.29 is 19.2 Å². The van der Waals surface area contributed by atoms with Crippen molar-refractivity contribution in [2.75, 3.05) is 32.5 Å². The minimum atomic E-state index is -0.452. The van der Waals surface area contributed by atoms with E-state index < -0.39 is 4.92 Å². The summed E-state index contributed by atoms with van der Waals surface area (Å²) in [5, 5.41) is 10.8. The van der Waals surface area contributed by atoms with Crippen LogP contribution < -0.4 is 4.74 Å². The monoisotopic (exact) mass is 467 g/mol. The van der Waals surface area contributed by atoms with E-state index >= 15 is 0 Å². The predicted molar refractivity (Wildman–Crippen MR) is 127 cm³/mol. The lowest BCUT2D eigenvalue weighted by Gasteiger charge is -2.44. The Labute approximate surface area is 196 Å². The van der Waals surface area contributed by atoms with Gasteiger partial charge in [-0.25, -0.2) is 0 Å². The van der Waals surface area contributed by atoms with Gasteiger partial charge < -0.3 is 14.5 Å². The highest BCUT2D eigenvalue weighted by Gasteiger charge is 2.46. The Morgan fingerprint density at radius 2 is 1.73 bits per heavy atom. The van der Waals surface area contributed by atoms with Gasteiger partial charge >= 0.3 is 0 Å². The number of thioether (sulfide) groups is 1. The Bertz CT molecular complexity index is 1060. The molecule has 0 N–H and O–H groups in total. The number of nitro groups is 1. The van der Waals surface area contributed by atoms with E-state index in [1.165, 1.54) is 18.2 Å². The van der Waals surface area contributed by atoms with Gasteiger partial charge in [-0.1, -0.05) is 0 Å². The molecule has 0 saturated carbocycles. The van der Waals surface area contributed by atoms with Crippen LogP contribution >= 0.6 is 11.8 Å². The number of amides is 2. The van der Waals surface area contributed by atoms with Gasteiger partial charge in [0.05, 0.1) is 16.9 Å². The molecule has 4 rings (SSSR count). The Morgan fingerprint density at radius 3 is 2.33 bits per heavy atom. The number of hydrogen-bond donors (Lipinski definition) is 0. The first-order chi connectivity index (χ1) is 15.9. The number of ether oxygens (including phenoxy) is 1. The Balaban J connectivity index is 1.37. The number of methoxy groups -OCH3 is 1. The van der Waals surface area contributed by atoms with E-state index in [2.05, 4.69) is 0 Å². The van der Waals surface area contributed by atoms with Crippen LogP contribution in [-0.2, 0) is 4.79 Å². The van der Waals surface area contributed by atoms with Gasteiger partial charge in [0, 0.05) is 49.2 Å². The fourth-order valence-electron chi connectivity index (χ4n) is 4.26. The van der Waals surface area contributed by atoms with E-state index in [0.29, 0.717) is 30.9 Å². The van der Waals surface area contributed by atoms with Crippen molar-refractivity contribution in [2.24, 2.45) is 0 Å². The van der Waals surface area contributed by atoms with E-state index in [9.17, 15) is 19.7 Å². The summed E-state index contributed by atoms with van der Waals surface area (Å²) in [6.45, 7) is 1.84. The highest BCUT2D eigenvalue weighted by atomic mass is 32.2. The van der Waals surface area contributed by atoms with Crippen LogP contribution in [0.2, 0.25) is 0 Å². The summed E-state index contributed by atoms with van der Waals surface area (Å²) in [5.41, 5.74) is 1.38. The number of carbonyl (C=O) groups is 2. The molecule has 0 aromatic heterocycles. The topological polar surface area (TPSA) is 93.0 Å². The average molecular weight is 468 g/mol. The summed E-state index contributed by atoms with van der Waals surface area (Å²) < 4.78 is 5.18. The molecular formula is C24H25N3O5S. The normalized spacial score (nSPS) is 17.5. The molecular weight excluding hydrogens is 442 g/mol. The van der Waals surface area contributed by atoms with E-state index in [1.54, 1.807) is 66.2 Å². The van der Waals surface area contributed by atoms with Crippen LogP contribution in [0.1, 0.15) is 28.8 Å². The van der Waals surface area contributed by atoms with E-state index in [0.717, 1.165) is 24.2 Å². The van der Waals surface area contributed by atoms with Gasteiger partial charge in [0.15, 0.2) is 0 Å². The molecule has 2 fully saturated rings. The number of hydrogen-bond acceptors (Lipinski definition) is 6. The molecule has 2 aromatic rings. The van der Waals surface area contributed by atoms with Crippen LogP contribution in [-0.4, -0.2) is 63.9 Å². The fourth-order valence-corrected chi connectivity index (χ4v) is 5.71. The van der Waals surface area contributed by atoms with Crippen LogP contribution in [0.3, 0.4) is 0 Å². The number of likely N-dealkylation sites (tertiary alicyclic amines) is 1. The van der Waals surface area contributed by atoms with Gasteiger partial charge in [-0.05, 0) is 60.9 Å². The first-order valence-corrected chi connectivity index (χ1v) is 11.7. The maximum atomic E-state index is 13.2. The molecule has 8 nitrogen and oxygen atoms in total. The summed E-state index contributed by atoms with van der Waals surface area (Å²) in [6, 6.07) is 13.2. The summed E-state index contributed by atoms with van der Waals surface area (Å²) >= 11 is 1.80. The highest BCUT2D eigenvalue weighted by Crippen LogP contribution is 2.44. The largest absolute Gasteiger partial charge is 0.497 e. The third-order valence-electron chi connectivity index (χ3n) is 6.14. The molecule has 2 saturated heterocycles. The third-order valence-corrected chi connectivity index (χ3v) is 7.69. The number of nitro benzene ring substituents is 1. The molecule has 2 amide bonds. The van der Waals surface area contributed by atoms with Gasteiger partial charge in [0.2, 0.25) is 5.91 Å². The first kappa shape index (κ1) is 22.8. The SMILES string of the molecule is COc1ccc(C(=O)N2CCSC23CCN(C(=O)/C=C/c2ccc([N+](=O)[O-])cc2)CC3)cc1. The Hall–Kier alpha value is -3.33. The second-order valence-electron chi connectivity index (χ2n) is 7.99. The summed E-state index contributed by atoms with van der Waals surface area (Å²) in [7, 11) is 1.60. The number of piperidine rings is 1. The smallest absolute Gasteiger partial charge is 0.269 e. The van der Waals surface area contributed by atoms with Crippen LogP contribution in [0.5, 0.6) is 5.75 Å². The number of carbonyl (C=O) groups excluding carboxylic acids is 2. The number of nitrogens with zero attached hydrogens (tertiary/aromatic N) is 3. The molecule has 0 atom stereocenters. The first-order valence-electron chi connectivity index (χ1n) is 10.7. The zero-order valence-electron chi connectivity index (χ0n) is 18.3. The number of benzene rings is 2. The summed E-state index contributed by atoms with van der Waals surface area (Å²) in [6.07, 6.45) is 4.61. The fraction of sp³-hybridized carbons (Fsp3) is 0.333. The molecule has 0 unspecified atom stereocenters. The van der Waals surface area contributed by atoms with Gasteiger partial charge in [0.1, 0.15) is 5.75 Å². The molecule has 0 aliphatic carbocycles. The van der Waals surface area contributed by atoms with Gasteiger partial charge in [-0.3, -0.25) is 19.7 Å². The minimum absolute atomic E-state index is 0.0143. The summed E-state index contributed by atoms with van der Waals surface area (Å²) in [5.74, 6) is 1.51. The number of rotatable bonds is 5. The van der Waals surface area contributed by atoms with Crippen molar-refractivity contribution in [3.63, 3.8) is 0 Å². The molecule has 33 heavy (non-hydrogen) atoms. The van der Waals surface area contributed by atoms with Crippen LogP contribution in [0.4, 0.5) is 5.69 Å². The van der Waals surface area contributed by atoms with Crippen molar-refractivity contribution in [1.29, 1.82) is 0 Å². The number of non-ortho nitro benzene ring substituents is 1. The van der Waals surface area contributed by atoms with Gasteiger partial charge in [-0.15, -0.1) is 11.8 Å². The van der Waals surface area contributed by atoms with Crippen LogP contribution in [0, 0.1) is 10.1 Å². The molecule has 2 aliphatic rings. The predicted octanol–water partition coefficient (Wildman–Crippen LogP) is 3.82. The quantitative estimate of drug-likeness (QED) is 0.377. The van der Waals surface area contributed by atoms with Crippen molar-refractivity contribution in [1.82, 2.24) is 9.80 Å². The lowest BCUT2D eigenvalue weighted by atomic mass is 10.0. The van der Waals surface area contributed by atoms with E-state index in [4.69, 9.17) is 4.74 Å². The van der Waals surface area contributed by atoms with E-state index in [-0.39, 0.29) is 22.4 Å². The molecule has 2 heterocycles. The van der Waals surface area contributed by atoms with Crippen LogP contribution in [0.15, 0.2) is 54.6 Å². The van der Waals surface area contributed by atoms with Gasteiger partial charge in [0.25, 0.3) is 11.6 Å². The highest BCUT2D eigenvalue weighted by molar-refractivity contribution is 8.00. The van der Waals surface area contributed by atoms with Gasteiger partial charge in [-0.2, -0.15) is 0 Å². The van der Waals surface area contributed by atoms with E-state index in [1.807, 2.05) is 4.90 Å². The molecule has 9 heteroatoms. The van der Waals surface area contributed by atoms with Crippen molar-refractivity contribution in [2.45, 2.75) is 17.7 Å². The van der Waals surface area contributed by atoms with Crippen molar-refractivity contribution in [3.05, 3.63) is 75.8 Å². The average Bonchev–Trinajstić information content (AvgIpc) is 3.25. The Morgan fingerprint density at radius 1 is 1.06 bits per heavy atom. The third kappa shape index (κ3) is 4.88. The zero-order valence-corrected chi connectivity index (χ0v) is 19.1. The molecule has 0 bridgehead atoms. The molecule has 2 aliphatic heterocycles. The summed E-state index contributed by atoms with van der Waals surface area (Å²) in [4.78, 5) is 39.7. The zero-order chi connectivity index (χ0) is 23.4.